The maximum absolute atomic E-state index is 14.5. The molecule has 5 N–H and O–H groups in total. The van der Waals surface area contributed by atoms with Gasteiger partial charge >= 0.3 is 5.97 Å². The largest absolute Gasteiger partial charge is 0.461 e. The molecule has 0 saturated carbocycles. The predicted octanol–water partition coefficient (Wildman–Crippen LogP) is 5.99. The minimum atomic E-state index is -1.55. The number of amides is 2. The highest BCUT2D eigenvalue weighted by Gasteiger charge is 2.33. The van der Waals surface area contributed by atoms with E-state index in [2.05, 4.69) is 69.8 Å². The van der Waals surface area contributed by atoms with Crippen LogP contribution >= 0.6 is 12.2 Å². The number of benzene rings is 4. The number of hydrogen-bond donors (Lipinski definition) is 5. The monoisotopic (exact) mass is 726 g/mol. The summed E-state index contributed by atoms with van der Waals surface area (Å²) >= 11 is 5.20. The predicted molar refractivity (Wildman–Crippen MR) is 213 cm³/mol. The number of hydrogen-bond acceptors (Lipinski definition) is 6. The molecule has 278 valence electrons. The van der Waals surface area contributed by atoms with Gasteiger partial charge in [-0.15, -0.1) is 0 Å². The van der Waals surface area contributed by atoms with E-state index in [4.69, 9.17) is 17.0 Å². The Labute approximate surface area is 313 Å². The standard InChI is InChI=1S/C42H54N4O5S/c1-27(2)24-37(38(47)41(50)51-28(3)4)46-40(49)36(22-10-11-23-44-42(52)43-5)45-39(48)33(25-31-18-12-16-29-14-6-8-20-34(29)31)26-32-19-13-17-30-15-7-9-21-35(30)32/h6-9,12-21,27-28,33,36-38,47H,10-11,22-26H2,1-5H3,(H,45,48)(H,46,49)(H2,43,44,52)/t36?,37?,38-/m1/s1. The van der Waals surface area contributed by atoms with E-state index in [0.29, 0.717) is 50.2 Å². The maximum atomic E-state index is 14.5. The number of ether oxygens (including phenoxy) is 1. The van der Waals surface area contributed by atoms with Crippen molar-refractivity contribution < 1.29 is 24.2 Å². The summed E-state index contributed by atoms with van der Waals surface area (Å²) in [5.41, 5.74) is 2.10. The molecule has 3 atom stereocenters. The summed E-state index contributed by atoms with van der Waals surface area (Å²) in [7, 11) is 1.75. The van der Waals surface area contributed by atoms with E-state index >= 15 is 0 Å². The van der Waals surface area contributed by atoms with Gasteiger partial charge in [-0.25, -0.2) is 4.79 Å². The molecule has 4 rings (SSSR count). The van der Waals surface area contributed by atoms with Gasteiger partial charge in [-0.2, -0.15) is 0 Å². The summed E-state index contributed by atoms with van der Waals surface area (Å²) < 4.78 is 5.27. The molecule has 0 heterocycles. The molecule has 0 aliphatic rings. The van der Waals surface area contributed by atoms with Crippen LogP contribution in [-0.2, 0) is 32.0 Å². The fourth-order valence-electron chi connectivity index (χ4n) is 6.58. The smallest absolute Gasteiger partial charge is 0.337 e. The first-order valence-electron chi connectivity index (χ1n) is 18.3. The summed E-state index contributed by atoms with van der Waals surface area (Å²) in [6, 6.07) is 26.8. The van der Waals surface area contributed by atoms with Crippen molar-refractivity contribution in [1.82, 2.24) is 21.3 Å². The van der Waals surface area contributed by atoms with E-state index in [1.54, 1.807) is 20.9 Å². The van der Waals surface area contributed by atoms with Gasteiger partial charge in [-0.3, -0.25) is 9.59 Å². The molecule has 0 spiro atoms. The lowest BCUT2D eigenvalue weighted by atomic mass is 9.87. The van der Waals surface area contributed by atoms with Crippen LogP contribution in [0.25, 0.3) is 21.5 Å². The fraction of sp³-hybridized carbons (Fsp3) is 0.429. The van der Waals surface area contributed by atoms with Crippen molar-refractivity contribution in [3.8, 4) is 0 Å². The number of thiocarbonyl (C=S) groups is 1. The number of unbranched alkanes of at least 4 members (excludes halogenated alkanes) is 1. The molecule has 0 aliphatic carbocycles. The van der Waals surface area contributed by atoms with Crippen molar-refractivity contribution in [3.05, 3.63) is 96.1 Å². The highest BCUT2D eigenvalue weighted by molar-refractivity contribution is 7.80. The maximum Gasteiger partial charge on any atom is 0.337 e. The van der Waals surface area contributed by atoms with Crippen LogP contribution in [-0.4, -0.2) is 65.9 Å². The molecule has 2 amide bonds. The number of esters is 1. The van der Waals surface area contributed by atoms with Gasteiger partial charge in [0, 0.05) is 19.5 Å². The first-order chi connectivity index (χ1) is 25.0. The minimum absolute atomic E-state index is 0.0627. The highest BCUT2D eigenvalue weighted by Crippen LogP contribution is 2.27. The van der Waals surface area contributed by atoms with Gasteiger partial charge in [0.25, 0.3) is 0 Å². The normalized spacial score (nSPS) is 13.2. The van der Waals surface area contributed by atoms with Crippen molar-refractivity contribution in [2.45, 2.75) is 90.5 Å². The van der Waals surface area contributed by atoms with Crippen molar-refractivity contribution in [2.24, 2.45) is 11.8 Å². The van der Waals surface area contributed by atoms with Crippen LogP contribution in [0.5, 0.6) is 0 Å². The highest BCUT2D eigenvalue weighted by atomic mass is 32.1. The quantitative estimate of drug-likeness (QED) is 0.0481. The number of rotatable bonds is 18. The van der Waals surface area contributed by atoms with Crippen molar-refractivity contribution in [2.75, 3.05) is 13.6 Å². The Hall–Kier alpha value is -4.54. The van der Waals surface area contributed by atoms with E-state index < -0.39 is 42.1 Å². The zero-order valence-electron chi connectivity index (χ0n) is 31.0. The van der Waals surface area contributed by atoms with Crippen LogP contribution in [0.3, 0.4) is 0 Å². The van der Waals surface area contributed by atoms with E-state index in [0.717, 1.165) is 32.7 Å². The van der Waals surface area contributed by atoms with Crippen molar-refractivity contribution in [1.29, 1.82) is 0 Å². The second kappa shape index (κ2) is 19.9. The molecule has 0 aromatic heterocycles. The minimum Gasteiger partial charge on any atom is -0.461 e. The Bertz CT molecular complexity index is 1720. The van der Waals surface area contributed by atoms with Gasteiger partial charge in [-0.1, -0.05) is 98.8 Å². The second-order valence-electron chi connectivity index (χ2n) is 14.1. The van der Waals surface area contributed by atoms with E-state index in [1.807, 2.05) is 50.2 Å². The molecule has 9 nitrogen and oxygen atoms in total. The van der Waals surface area contributed by atoms with Gasteiger partial charge in [-0.05, 0) is 103 Å². The van der Waals surface area contributed by atoms with E-state index in [-0.39, 0.29) is 11.8 Å². The molecule has 0 saturated heterocycles. The van der Waals surface area contributed by atoms with Gasteiger partial charge in [0.15, 0.2) is 11.2 Å². The van der Waals surface area contributed by atoms with Crippen LogP contribution in [0, 0.1) is 11.8 Å². The molecule has 4 aromatic rings. The van der Waals surface area contributed by atoms with Gasteiger partial charge < -0.3 is 31.1 Å². The summed E-state index contributed by atoms with van der Waals surface area (Å²) in [5.74, 6) is -1.93. The van der Waals surface area contributed by atoms with E-state index in [9.17, 15) is 19.5 Å². The van der Waals surface area contributed by atoms with Crippen LogP contribution in [0.4, 0.5) is 0 Å². The summed E-state index contributed by atoms with van der Waals surface area (Å²) in [6.45, 7) is 7.91. The number of aliphatic hydroxyl groups is 1. The van der Waals surface area contributed by atoms with Crippen molar-refractivity contribution >= 4 is 56.7 Å². The average Bonchev–Trinajstić information content (AvgIpc) is 3.12. The Morgan fingerprint density at radius 2 is 1.31 bits per heavy atom. The Morgan fingerprint density at radius 3 is 1.85 bits per heavy atom. The lowest BCUT2D eigenvalue weighted by Crippen LogP contribution is -2.55. The zero-order valence-corrected chi connectivity index (χ0v) is 31.8. The first-order valence-corrected chi connectivity index (χ1v) is 18.8. The summed E-state index contributed by atoms with van der Waals surface area (Å²) in [6.07, 6.45) is 0.963. The summed E-state index contributed by atoms with van der Waals surface area (Å²) in [4.78, 5) is 41.4. The van der Waals surface area contributed by atoms with Crippen LogP contribution in [0.15, 0.2) is 84.9 Å². The number of aliphatic hydroxyl groups excluding tert-OH is 1. The second-order valence-corrected chi connectivity index (χ2v) is 14.5. The Morgan fingerprint density at radius 1 is 0.750 bits per heavy atom. The molecule has 52 heavy (non-hydrogen) atoms. The topological polar surface area (TPSA) is 129 Å². The number of fused-ring (bicyclic) bond motifs is 2. The lowest BCUT2D eigenvalue weighted by Gasteiger charge is -2.28. The van der Waals surface area contributed by atoms with Crippen molar-refractivity contribution in [3.63, 3.8) is 0 Å². The molecule has 0 fully saturated rings. The molecule has 10 heteroatoms. The third-order valence-corrected chi connectivity index (χ3v) is 9.50. The average molecular weight is 727 g/mol. The number of carbonyl (C=O) groups excluding carboxylic acids is 3. The third kappa shape index (κ3) is 11.7. The summed E-state index contributed by atoms with van der Waals surface area (Å²) in [5, 5.41) is 27.9. The molecular weight excluding hydrogens is 673 g/mol. The Kier molecular flexibility index (Phi) is 15.4. The fourth-order valence-corrected chi connectivity index (χ4v) is 6.68. The van der Waals surface area contributed by atoms with E-state index in [1.165, 1.54) is 0 Å². The lowest BCUT2D eigenvalue weighted by molar-refractivity contribution is -0.159. The molecule has 0 bridgehead atoms. The first kappa shape index (κ1) is 40.2. The molecule has 2 unspecified atom stereocenters. The molecule has 0 radical (unpaired) electrons. The zero-order chi connectivity index (χ0) is 37.6. The van der Waals surface area contributed by atoms with Gasteiger partial charge in [0.1, 0.15) is 6.04 Å². The SMILES string of the molecule is CNC(=S)NCCCCC(NC(=O)C(Cc1cccc2ccccc12)Cc1cccc2ccccc12)C(=O)NC(CC(C)C)[C@@H](O)C(=O)OC(C)C. The molecule has 4 aromatic carbocycles. The van der Waals surface area contributed by atoms with Crippen LogP contribution in [0.1, 0.15) is 64.5 Å². The van der Waals surface area contributed by atoms with Crippen LogP contribution in [0.2, 0.25) is 0 Å². The number of carbonyl (C=O) groups is 3. The third-order valence-electron chi connectivity index (χ3n) is 9.16. The molecular formula is C42H54N4O5S. The Balaban J connectivity index is 1.64. The van der Waals surface area contributed by atoms with Crippen LogP contribution < -0.4 is 21.3 Å². The molecule has 0 aliphatic heterocycles. The number of nitrogens with one attached hydrogen (secondary N) is 4. The van der Waals surface area contributed by atoms with Gasteiger partial charge in [0.2, 0.25) is 11.8 Å². The van der Waals surface area contributed by atoms with Gasteiger partial charge in [0.05, 0.1) is 12.1 Å².